The molecule has 1 aromatic heterocycles. The van der Waals surface area contributed by atoms with Crippen LogP contribution in [0.4, 0.5) is 17.6 Å². The lowest BCUT2D eigenvalue weighted by Crippen LogP contribution is -2.21. The predicted molar refractivity (Wildman–Crippen MR) is 97.9 cm³/mol. The molecule has 2 aliphatic rings. The summed E-state index contributed by atoms with van der Waals surface area (Å²) < 4.78 is 59.9. The number of halogens is 5. The molecule has 1 aliphatic carbocycles. The lowest BCUT2D eigenvalue weighted by Gasteiger charge is -2.18. The van der Waals surface area contributed by atoms with E-state index in [1.807, 2.05) is 0 Å². The highest BCUT2D eigenvalue weighted by Crippen LogP contribution is 2.41. The van der Waals surface area contributed by atoms with Crippen LogP contribution >= 0.6 is 12.4 Å². The molecule has 3 atom stereocenters. The molecule has 1 saturated heterocycles. The van der Waals surface area contributed by atoms with Crippen LogP contribution in [0.25, 0.3) is 11.3 Å². The van der Waals surface area contributed by atoms with E-state index in [4.69, 9.17) is 4.74 Å². The molecular formula is C19H20ClF4N3O. The number of rotatable bonds is 3. The summed E-state index contributed by atoms with van der Waals surface area (Å²) in [6, 6.07) is 4.79. The third kappa shape index (κ3) is 4.07. The Bertz CT molecular complexity index is 850. The van der Waals surface area contributed by atoms with Gasteiger partial charge in [0, 0.05) is 5.56 Å². The second kappa shape index (κ2) is 7.83. The van der Waals surface area contributed by atoms with Crippen LogP contribution in [0, 0.1) is 24.6 Å². The first kappa shape index (κ1) is 20.8. The number of aryl methyl sites for hydroxylation is 1. The first-order valence-corrected chi connectivity index (χ1v) is 8.90. The van der Waals surface area contributed by atoms with Crippen LogP contribution in [-0.4, -0.2) is 29.4 Å². The first-order valence-electron chi connectivity index (χ1n) is 8.90. The van der Waals surface area contributed by atoms with Crippen molar-refractivity contribution in [2.45, 2.75) is 32.0 Å². The van der Waals surface area contributed by atoms with Crippen molar-refractivity contribution in [1.29, 1.82) is 0 Å². The topological polar surface area (TPSA) is 47.0 Å². The Morgan fingerprint density at radius 2 is 1.75 bits per heavy atom. The van der Waals surface area contributed by atoms with Crippen LogP contribution in [0.15, 0.2) is 24.3 Å². The fourth-order valence-corrected chi connectivity index (χ4v) is 4.04. The highest BCUT2D eigenvalue weighted by Gasteiger charge is 2.41. The van der Waals surface area contributed by atoms with Crippen LogP contribution in [-0.2, 0) is 6.18 Å². The molecule has 0 amide bonds. The van der Waals surface area contributed by atoms with E-state index in [0.717, 1.165) is 25.2 Å². The molecule has 2 fully saturated rings. The lowest BCUT2D eigenvalue weighted by molar-refractivity contribution is -0.139. The van der Waals surface area contributed by atoms with Crippen molar-refractivity contribution in [3.05, 3.63) is 41.2 Å². The van der Waals surface area contributed by atoms with Gasteiger partial charge in [0.25, 0.3) is 0 Å². The minimum Gasteiger partial charge on any atom is -0.473 e. The van der Waals surface area contributed by atoms with Crippen molar-refractivity contribution in [3.63, 3.8) is 0 Å². The summed E-state index contributed by atoms with van der Waals surface area (Å²) >= 11 is 0. The molecule has 1 aliphatic heterocycles. The molecule has 0 bridgehead atoms. The minimum absolute atomic E-state index is 0. The zero-order valence-electron chi connectivity index (χ0n) is 15.1. The number of hydrogen-bond acceptors (Lipinski definition) is 4. The molecule has 28 heavy (non-hydrogen) atoms. The first-order chi connectivity index (χ1) is 12.8. The average molecular weight is 418 g/mol. The number of hydrogen-bond donors (Lipinski definition) is 1. The number of nitrogens with one attached hydrogen (secondary N) is 1. The van der Waals surface area contributed by atoms with E-state index in [1.165, 1.54) is 12.1 Å². The van der Waals surface area contributed by atoms with Gasteiger partial charge in [0.1, 0.15) is 17.5 Å². The van der Waals surface area contributed by atoms with Gasteiger partial charge < -0.3 is 10.1 Å². The summed E-state index contributed by atoms with van der Waals surface area (Å²) in [6.45, 7) is 3.43. The average Bonchev–Trinajstić information content (AvgIpc) is 3.18. The zero-order valence-corrected chi connectivity index (χ0v) is 15.9. The molecule has 4 nitrogen and oxygen atoms in total. The summed E-state index contributed by atoms with van der Waals surface area (Å²) in [6.07, 6.45) is -3.51. The van der Waals surface area contributed by atoms with Crippen molar-refractivity contribution in [2.24, 2.45) is 11.8 Å². The maximum Gasteiger partial charge on any atom is 0.421 e. The number of aromatic nitrogens is 2. The number of benzene rings is 1. The molecule has 0 radical (unpaired) electrons. The Labute approximate surface area is 166 Å². The fourth-order valence-electron chi connectivity index (χ4n) is 4.04. The molecule has 1 N–H and O–H groups in total. The van der Waals surface area contributed by atoms with Gasteiger partial charge in [-0.25, -0.2) is 4.39 Å². The Morgan fingerprint density at radius 3 is 2.39 bits per heavy atom. The maximum atomic E-state index is 13.6. The second-order valence-electron chi connectivity index (χ2n) is 7.30. The molecule has 2 aromatic rings. The zero-order chi connectivity index (χ0) is 19.2. The van der Waals surface area contributed by atoms with Gasteiger partial charge in [0.15, 0.2) is 0 Å². The van der Waals surface area contributed by atoms with Crippen molar-refractivity contribution >= 4 is 12.4 Å². The Hall–Kier alpha value is -1.93. The Balaban J connectivity index is 0.00000225. The molecule has 0 spiro atoms. The van der Waals surface area contributed by atoms with Gasteiger partial charge in [-0.05, 0) is 68.5 Å². The SMILES string of the molecule is Cc1ccc(F)cc1-c1cc(C(F)(F)F)c(OC2C[C@H]3CNC[C@H]3C2)nn1.Cl. The van der Waals surface area contributed by atoms with Gasteiger partial charge in [0.05, 0.1) is 5.69 Å². The van der Waals surface area contributed by atoms with E-state index >= 15 is 0 Å². The van der Waals surface area contributed by atoms with E-state index in [1.54, 1.807) is 6.92 Å². The molecule has 9 heteroatoms. The number of nitrogens with zero attached hydrogens (tertiary/aromatic N) is 2. The summed E-state index contributed by atoms with van der Waals surface area (Å²) in [7, 11) is 0. The monoisotopic (exact) mass is 417 g/mol. The van der Waals surface area contributed by atoms with Gasteiger partial charge in [-0.1, -0.05) is 6.07 Å². The van der Waals surface area contributed by atoms with E-state index in [9.17, 15) is 17.6 Å². The smallest absolute Gasteiger partial charge is 0.421 e. The molecule has 1 unspecified atom stereocenters. The summed E-state index contributed by atoms with van der Waals surface area (Å²) in [5.74, 6) is -0.173. The highest BCUT2D eigenvalue weighted by atomic mass is 35.5. The van der Waals surface area contributed by atoms with Crippen LogP contribution in [0.1, 0.15) is 24.0 Å². The normalized spacial score (nSPS) is 24.0. The molecule has 152 valence electrons. The van der Waals surface area contributed by atoms with E-state index in [0.29, 0.717) is 30.2 Å². The van der Waals surface area contributed by atoms with E-state index < -0.39 is 23.4 Å². The standard InChI is InChI=1S/C19H19F4N3O.ClH/c1-10-2-3-13(20)6-15(10)17-7-16(19(21,22)23)18(26-25-17)27-14-4-11-8-24-9-12(11)5-14;/h2-3,6-7,11-12,14,24H,4-5,8-9H2,1H3;1H/t11-,12+,14?;. The van der Waals surface area contributed by atoms with Gasteiger partial charge in [-0.2, -0.15) is 13.2 Å². The summed E-state index contributed by atoms with van der Waals surface area (Å²) in [4.78, 5) is 0. The number of ether oxygens (including phenoxy) is 1. The highest BCUT2D eigenvalue weighted by molar-refractivity contribution is 5.85. The Morgan fingerprint density at radius 1 is 1.07 bits per heavy atom. The van der Waals surface area contributed by atoms with Gasteiger partial charge >= 0.3 is 6.18 Å². The van der Waals surface area contributed by atoms with Crippen LogP contribution < -0.4 is 10.1 Å². The van der Waals surface area contributed by atoms with Crippen LogP contribution in [0.5, 0.6) is 5.88 Å². The quantitative estimate of drug-likeness (QED) is 0.751. The van der Waals surface area contributed by atoms with Crippen molar-refractivity contribution in [3.8, 4) is 17.1 Å². The van der Waals surface area contributed by atoms with Crippen LogP contribution in [0.2, 0.25) is 0 Å². The summed E-state index contributed by atoms with van der Waals surface area (Å²) in [5, 5.41) is 10.9. The molecule has 1 saturated carbocycles. The minimum atomic E-state index is -4.64. The van der Waals surface area contributed by atoms with Gasteiger partial charge in [0.2, 0.25) is 5.88 Å². The third-order valence-electron chi connectivity index (χ3n) is 5.43. The third-order valence-corrected chi connectivity index (χ3v) is 5.43. The predicted octanol–water partition coefficient (Wildman–Crippen LogP) is 4.41. The van der Waals surface area contributed by atoms with Gasteiger partial charge in [-0.15, -0.1) is 22.6 Å². The van der Waals surface area contributed by atoms with E-state index in [2.05, 4.69) is 15.5 Å². The van der Waals surface area contributed by atoms with Crippen molar-refractivity contribution in [2.75, 3.05) is 13.1 Å². The molecule has 2 heterocycles. The van der Waals surface area contributed by atoms with E-state index in [-0.39, 0.29) is 29.8 Å². The van der Waals surface area contributed by atoms with Crippen molar-refractivity contribution in [1.82, 2.24) is 15.5 Å². The number of alkyl halides is 3. The fraction of sp³-hybridized carbons (Fsp3) is 0.474. The maximum absolute atomic E-state index is 13.6. The largest absolute Gasteiger partial charge is 0.473 e. The Kier molecular flexibility index (Phi) is 5.82. The van der Waals surface area contributed by atoms with Crippen molar-refractivity contribution < 1.29 is 22.3 Å². The number of fused-ring (bicyclic) bond motifs is 1. The molecule has 4 rings (SSSR count). The molecular weight excluding hydrogens is 398 g/mol. The molecule has 1 aromatic carbocycles. The summed E-state index contributed by atoms with van der Waals surface area (Å²) in [5.41, 5.74) is -0.116. The van der Waals surface area contributed by atoms with Crippen LogP contribution in [0.3, 0.4) is 0 Å². The lowest BCUT2D eigenvalue weighted by atomic mass is 10.0. The second-order valence-corrected chi connectivity index (χ2v) is 7.30. The van der Waals surface area contributed by atoms with Gasteiger partial charge in [-0.3, -0.25) is 0 Å².